The van der Waals surface area contributed by atoms with Crippen LogP contribution in [0.4, 0.5) is 0 Å². The maximum atomic E-state index is 11.9. The van der Waals surface area contributed by atoms with Crippen LogP contribution in [0.25, 0.3) is 27.9 Å². The lowest BCUT2D eigenvalue weighted by molar-refractivity contribution is -0.113. The van der Waals surface area contributed by atoms with Gasteiger partial charge < -0.3 is 20.7 Å². The van der Waals surface area contributed by atoms with Crippen molar-refractivity contribution in [3.63, 3.8) is 0 Å². The Morgan fingerprint density at radius 1 is 1.26 bits per heavy atom. The van der Waals surface area contributed by atoms with E-state index in [9.17, 15) is 18.3 Å². The van der Waals surface area contributed by atoms with Crippen molar-refractivity contribution in [2.45, 2.75) is 38.6 Å². The number of amides is 1. The van der Waals surface area contributed by atoms with Crippen molar-refractivity contribution in [3.8, 4) is 11.3 Å². The molecule has 4 heterocycles. The van der Waals surface area contributed by atoms with Crippen molar-refractivity contribution in [2.24, 2.45) is 11.1 Å². The summed E-state index contributed by atoms with van der Waals surface area (Å²) >= 11 is 1.43. The van der Waals surface area contributed by atoms with Crippen LogP contribution in [0.2, 0.25) is 0 Å². The number of fused-ring (bicyclic) bond motifs is 1. The van der Waals surface area contributed by atoms with Crippen LogP contribution in [0.1, 0.15) is 44.5 Å². The number of primary amides is 1. The summed E-state index contributed by atoms with van der Waals surface area (Å²) in [4.78, 5) is 26.7. The highest BCUT2D eigenvalue weighted by atomic mass is 32.2. The molecule has 3 aromatic rings. The normalized spacial score (nSPS) is 20.3. The SMILES string of the molecule is CC(C)(C)C1SC(C(N)=O)=CN1C(CO)c1ccc(-c2ncnc3cc(C4=CCS(=O)(=O)CC4)[nH]c23)cc1. The van der Waals surface area contributed by atoms with Gasteiger partial charge in [0, 0.05) is 17.5 Å². The predicted octanol–water partition coefficient (Wildman–Crippen LogP) is 3.61. The van der Waals surface area contributed by atoms with E-state index in [2.05, 4.69) is 35.7 Å². The molecule has 2 aliphatic heterocycles. The van der Waals surface area contributed by atoms with E-state index >= 15 is 0 Å². The number of thioether (sulfide) groups is 1. The third kappa shape index (κ3) is 5.10. The van der Waals surface area contributed by atoms with E-state index in [-0.39, 0.29) is 34.9 Å². The first-order valence-corrected chi connectivity index (χ1v) is 15.1. The minimum absolute atomic E-state index is 0.0471. The number of aromatic amines is 1. The smallest absolute Gasteiger partial charge is 0.256 e. The zero-order valence-electron chi connectivity index (χ0n) is 21.5. The molecule has 2 unspecified atom stereocenters. The molecule has 0 spiro atoms. The Labute approximate surface area is 226 Å². The van der Waals surface area contributed by atoms with Crippen molar-refractivity contribution in [2.75, 3.05) is 18.1 Å². The maximum Gasteiger partial charge on any atom is 0.256 e. The Kier molecular flexibility index (Phi) is 6.87. The number of allylic oxidation sites excluding steroid dienone is 1. The van der Waals surface area contributed by atoms with E-state index in [1.54, 1.807) is 12.3 Å². The number of nitrogens with one attached hydrogen (secondary N) is 1. The molecule has 9 nitrogen and oxygen atoms in total. The van der Waals surface area contributed by atoms with E-state index in [1.807, 2.05) is 35.2 Å². The largest absolute Gasteiger partial charge is 0.394 e. The molecule has 0 saturated heterocycles. The van der Waals surface area contributed by atoms with Crippen LogP contribution < -0.4 is 5.73 Å². The minimum Gasteiger partial charge on any atom is -0.394 e. The van der Waals surface area contributed by atoms with Gasteiger partial charge in [-0.05, 0) is 29.0 Å². The number of aromatic nitrogens is 3. The first kappa shape index (κ1) is 26.5. The fourth-order valence-electron chi connectivity index (χ4n) is 4.90. The number of nitrogens with zero attached hydrogens (tertiary/aromatic N) is 3. The summed E-state index contributed by atoms with van der Waals surface area (Å²) in [6.45, 7) is 6.16. The molecule has 0 aliphatic carbocycles. The molecule has 0 fully saturated rings. The molecule has 2 aromatic heterocycles. The molecule has 1 amide bonds. The Hall–Kier alpha value is -3.15. The average Bonchev–Trinajstić information content (AvgIpc) is 3.50. The molecule has 38 heavy (non-hydrogen) atoms. The van der Waals surface area contributed by atoms with Gasteiger partial charge >= 0.3 is 0 Å². The molecule has 0 saturated carbocycles. The molecule has 4 N–H and O–H groups in total. The maximum absolute atomic E-state index is 11.9. The lowest BCUT2D eigenvalue weighted by atomic mass is 9.93. The number of aliphatic hydroxyl groups is 1. The molecular weight excluding hydrogens is 522 g/mol. The highest BCUT2D eigenvalue weighted by Gasteiger charge is 2.40. The Bertz CT molecular complexity index is 1550. The number of carbonyl (C=O) groups is 1. The number of nitrogens with two attached hydrogens (primary N) is 1. The number of hydrogen-bond acceptors (Lipinski definition) is 8. The van der Waals surface area contributed by atoms with Crippen LogP contribution in [-0.2, 0) is 14.6 Å². The van der Waals surface area contributed by atoms with Crippen LogP contribution >= 0.6 is 11.8 Å². The molecule has 11 heteroatoms. The van der Waals surface area contributed by atoms with Gasteiger partial charge in [0.15, 0.2) is 9.84 Å². The van der Waals surface area contributed by atoms with Gasteiger partial charge in [-0.1, -0.05) is 62.9 Å². The molecular formula is C27H31N5O4S2. The van der Waals surface area contributed by atoms with Crippen LogP contribution in [0.15, 0.2) is 53.8 Å². The van der Waals surface area contributed by atoms with E-state index in [0.717, 1.165) is 39.1 Å². The van der Waals surface area contributed by atoms with Gasteiger partial charge in [0.2, 0.25) is 0 Å². The number of rotatable bonds is 6. The summed E-state index contributed by atoms with van der Waals surface area (Å²) in [5.41, 5.74) is 11.3. The molecule has 2 aliphatic rings. The second-order valence-corrected chi connectivity index (χ2v) is 14.1. The van der Waals surface area contributed by atoms with Crippen LogP contribution in [0.3, 0.4) is 0 Å². The van der Waals surface area contributed by atoms with Crippen LogP contribution in [0, 0.1) is 5.41 Å². The molecule has 2 atom stereocenters. The van der Waals surface area contributed by atoms with Crippen molar-refractivity contribution < 1.29 is 18.3 Å². The number of benzene rings is 1. The molecule has 0 bridgehead atoms. The number of hydrogen-bond donors (Lipinski definition) is 3. The third-order valence-corrected chi connectivity index (χ3v) is 10.1. The lowest BCUT2D eigenvalue weighted by Crippen LogP contribution is -2.39. The molecule has 200 valence electrons. The van der Waals surface area contributed by atoms with Gasteiger partial charge in [-0.3, -0.25) is 4.79 Å². The fraction of sp³-hybridized carbons (Fsp3) is 0.370. The van der Waals surface area contributed by atoms with Gasteiger partial charge in [0.25, 0.3) is 5.91 Å². The Morgan fingerprint density at radius 3 is 2.61 bits per heavy atom. The second kappa shape index (κ2) is 9.87. The van der Waals surface area contributed by atoms with Gasteiger partial charge in [0.05, 0.1) is 51.2 Å². The zero-order chi connectivity index (χ0) is 27.2. The number of H-pyrrole nitrogens is 1. The summed E-state index contributed by atoms with van der Waals surface area (Å²) in [6, 6.07) is 9.42. The van der Waals surface area contributed by atoms with E-state index in [0.29, 0.717) is 11.3 Å². The number of sulfone groups is 1. The van der Waals surface area contributed by atoms with Gasteiger partial charge in [-0.2, -0.15) is 0 Å². The van der Waals surface area contributed by atoms with Gasteiger partial charge in [-0.25, -0.2) is 18.4 Å². The fourth-order valence-corrected chi connectivity index (χ4v) is 7.28. The lowest BCUT2D eigenvalue weighted by Gasteiger charge is -2.39. The summed E-state index contributed by atoms with van der Waals surface area (Å²) in [5, 5.41) is 10.3. The first-order chi connectivity index (χ1) is 18.0. The second-order valence-electron chi connectivity index (χ2n) is 10.7. The summed E-state index contributed by atoms with van der Waals surface area (Å²) < 4.78 is 23.6. The third-order valence-electron chi connectivity index (χ3n) is 6.89. The first-order valence-electron chi connectivity index (χ1n) is 12.4. The highest BCUT2D eigenvalue weighted by molar-refractivity contribution is 8.04. The standard InChI is InChI=1S/C27H31N5O4S2/c1-27(2,3)26-32(13-22(37-26)25(28)34)21(14-33)17-4-6-18(7-5-17)23-24-20(29-15-30-23)12-19(31-24)16-8-10-38(35,36)11-9-16/h4-8,12-13,15,21,26,31,33H,9-11,14H2,1-3H3,(H2,28,34). The highest BCUT2D eigenvalue weighted by Crippen LogP contribution is 2.46. The predicted molar refractivity (Wildman–Crippen MR) is 150 cm³/mol. The Morgan fingerprint density at radius 2 is 2.00 bits per heavy atom. The Balaban J connectivity index is 1.46. The van der Waals surface area contributed by atoms with Gasteiger partial charge in [0.1, 0.15) is 6.33 Å². The molecule has 0 radical (unpaired) electrons. The van der Waals surface area contributed by atoms with E-state index in [1.165, 1.54) is 18.1 Å². The van der Waals surface area contributed by atoms with Crippen LogP contribution in [-0.4, -0.2) is 62.8 Å². The monoisotopic (exact) mass is 553 g/mol. The van der Waals surface area contributed by atoms with Crippen molar-refractivity contribution in [1.29, 1.82) is 0 Å². The van der Waals surface area contributed by atoms with Crippen molar-refractivity contribution in [3.05, 3.63) is 65.1 Å². The average molecular weight is 554 g/mol. The molecule has 5 rings (SSSR count). The summed E-state index contributed by atoms with van der Waals surface area (Å²) in [5.74, 6) is -0.282. The minimum atomic E-state index is -3.01. The number of carbonyl (C=O) groups excluding carboxylic acids is 1. The summed E-state index contributed by atoms with van der Waals surface area (Å²) in [6.07, 6.45) is 5.51. The van der Waals surface area contributed by atoms with E-state index < -0.39 is 15.7 Å². The van der Waals surface area contributed by atoms with Crippen molar-refractivity contribution in [1.82, 2.24) is 19.9 Å². The number of aliphatic hydroxyl groups excluding tert-OH is 1. The van der Waals surface area contributed by atoms with Crippen molar-refractivity contribution >= 4 is 44.1 Å². The zero-order valence-corrected chi connectivity index (χ0v) is 23.1. The van der Waals surface area contributed by atoms with Gasteiger partial charge in [-0.15, -0.1) is 0 Å². The quantitative estimate of drug-likeness (QED) is 0.420. The summed E-state index contributed by atoms with van der Waals surface area (Å²) in [7, 11) is -3.01. The van der Waals surface area contributed by atoms with Crippen LogP contribution in [0.5, 0.6) is 0 Å². The van der Waals surface area contributed by atoms with E-state index in [4.69, 9.17) is 5.73 Å². The molecule has 1 aromatic carbocycles. The topological polar surface area (TPSA) is 142 Å².